The van der Waals surface area contributed by atoms with Gasteiger partial charge >= 0.3 is 0 Å². The summed E-state index contributed by atoms with van der Waals surface area (Å²) in [5.74, 6) is -1.22. The van der Waals surface area contributed by atoms with E-state index in [0.29, 0.717) is 4.90 Å². The average Bonchev–Trinajstić information content (AvgIpc) is 2.29. The van der Waals surface area contributed by atoms with Crippen LogP contribution in [0.4, 0.5) is 13.2 Å². The molecule has 2 rings (SSSR count). The van der Waals surface area contributed by atoms with E-state index in [0.717, 1.165) is 18.2 Å². The van der Waals surface area contributed by atoms with Crippen molar-refractivity contribution in [3.63, 3.8) is 0 Å². The molecule has 0 amide bonds. The molecule has 0 radical (unpaired) electrons. The van der Waals surface area contributed by atoms with E-state index in [2.05, 4.69) is 0 Å². The van der Waals surface area contributed by atoms with Crippen LogP contribution < -0.4 is 0 Å². The number of hydrogen-bond acceptors (Lipinski definition) is 1. The van der Waals surface area contributed by atoms with Gasteiger partial charge in [-0.15, -0.1) is 11.8 Å². The van der Waals surface area contributed by atoms with Gasteiger partial charge < -0.3 is 0 Å². The largest absolute Gasteiger partial charge is 0.207 e. The summed E-state index contributed by atoms with van der Waals surface area (Å²) in [6.45, 7) is 0. The highest BCUT2D eigenvalue weighted by Crippen LogP contribution is 2.27. The number of halogens is 4. The summed E-state index contributed by atoms with van der Waals surface area (Å²) in [6, 6.07) is 7.32. The number of rotatable bonds is 3. The lowest BCUT2D eigenvalue weighted by Gasteiger charge is -2.04. The minimum absolute atomic E-state index is 0.212. The van der Waals surface area contributed by atoms with Crippen molar-refractivity contribution in [2.45, 2.75) is 10.6 Å². The Kier molecular flexibility index (Phi) is 4.19. The molecule has 94 valence electrons. The van der Waals surface area contributed by atoms with E-state index in [1.165, 1.54) is 23.9 Å². The fraction of sp³-hybridized carbons (Fsp3) is 0.0769. The van der Waals surface area contributed by atoms with Gasteiger partial charge in [-0.2, -0.15) is 0 Å². The summed E-state index contributed by atoms with van der Waals surface area (Å²) in [4.78, 5) is 0.573. The van der Waals surface area contributed by atoms with Crippen LogP contribution in [-0.4, -0.2) is 0 Å². The second kappa shape index (κ2) is 5.67. The fourth-order valence-corrected chi connectivity index (χ4v) is 2.66. The quantitative estimate of drug-likeness (QED) is 0.712. The maximum atomic E-state index is 13.4. The Bertz CT molecular complexity index is 552. The van der Waals surface area contributed by atoms with Crippen molar-refractivity contribution in [2.75, 3.05) is 0 Å². The zero-order valence-electron chi connectivity index (χ0n) is 9.09. The summed E-state index contributed by atoms with van der Waals surface area (Å²) in [7, 11) is 0. The molecule has 0 spiro atoms. The van der Waals surface area contributed by atoms with E-state index in [1.54, 1.807) is 6.07 Å². The van der Waals surface area contributed by atoms with Crippen molar-refractivity contribution >= 4 is 23.4 Å². The molecule has 0 heterocycles. The maximum absolute atomic E-state index is 13.4. The van der Waals surface area contributed by atoms with Crippen molar-refractivity contribution in [1.29, 1.82) is 0 Å². The Labute approximate surface area is 112 Å². The molecule has 0 bridgehead atoms. The first-order chi connectivity index (χ1) is 8.54. The molecule has 0 aliphatic rings. The first-order valence-electron chi connectivity index (χ1n) is 5.07. The first-order valence-corrected chi connectivity index (χ1v) is 6.44. The maximum Gasteiger partial charge on any atom is 0.127 e. The van der Waals surface area contributed by atoms with Gasteiger partial charge in [-0.3, -0.25) is 0 Å². The van der Waals surface area contributed by atoms with Gasteiger partial charge in [-0.25, -0.2) is 13.2 Å². The van der Waals surface area contributed by atoms with Crippen LogP contribution in [0.25, 0.3) is 0 Å². The van der Waals surface area contributed by atoms with Gasteiger partial charge in [0.25, 0.3) is 0 Å². The van der Waals surface area contributed by atoms with Gasteiger partial charge in [0.1, 0.15) is 17.5 Å². The Balaban J connectivity index is 2.13. The van der Waals surface area contributed by atoms with Crippen LogP contribution in [0.5, 0.6) is 0 Å². The molecule has 0 saturated heterocycles. The number of thioether (sulfide) groups is 1. The Morgan fingerprint density at radius 1 is 0.944 bits per heavy atom. The molecule has 2 aromatic rings. The average molecular weight is 289 g/mol. The number of benzene rings is 2. The van der Waals surface area contributed by atoms with Crippen LogP contribution >= 0.6 is 23.4 Å². The highest BCUT2D eigenvalue weighted by atomic mass is 35.5. The molecule has 0 aliphatic carbocycles. The molecule has 0 aliphatic heterocycles. The predicted molar refractivity (Wildman–Crippen MR) is 67.3 cm³/mol. The molecule has 18 heavy (non-hydrogen) atoms. The minimum Gasteiger partial charge on any atom is -0.207 e. The van der Waals surface area contributed by atoms with E-state index in [9.17, 15) is 13.2 Å². The topological polar surface area (TPSA) is 0 Å². The highest BCUT2D eigenvalue weighted by Gasteiger charge is 2.06. The second-order valence-electron chi connectivity index (χ2n) is 3.63. The van der Waals surface area contributed by atoms with Crippen molar-refractivity contribution in [3.05, 3.63) is 64.4 Å². The van der Waals surface area contributed by atoms with E-state index < -0.39 is 17.5 Å². The van der Waals surface area contributed by atoms with Crippen LogP contribution in [0.3, 0.4) is 0 Å². The van der Waals surface area contributed by atoms with Crippen molar-refractivity contribution in [3.8, 4) is 0 Å². The molecule has 2 aromatic carbocycles. The molecule has 0 nitrogen and oxygen atoms in total. The third-order valence-electron chi connectivity index (χ3n) is 2.24. The zero-order valence-corrected chi connectivity index (χ0v) is 10.7. The lowest BCUT2D eigenvalue weighted by Crippen LogP contribution is -1.89. The predicted octanol–water partition coefficient (Wildman–Crippen LogP) is 5.05. The van der Waals surface area contributed by atoms with Crippen LogP contribution in [0.2, 0.25) is 5.02 Å². The normalized spacial score (nSPS) is 10.7. The summed E-state index contributed by atoms with van der Waals surface area (Å²) < 4.78 is 39.4. The molecule has 0 unspecified atom stereocenters. The monoisotopic (exact) mass is 288 g/mol. The smallest absolute Gasteiger partial charge is 0.127 e. The second-order valence-corrected chi connectivity index (χ2v) is 5.11. The lowest BCUT2D eigenvalue weighted by molar-refractivity contribution is 0.591. The van der Waals surface area contributed by atoms with Crippen LogP contribution in [0, 0.1) is 17.5 Å². The minimum atomic E-state index is -0.496. The fourth-order valence-electron chi connectivity index (χ4n) is 1.43. The molecule has 5 heteroatoms. The Morgan fingerprint density at radius 3 is 2.44 bits per heavy atom. The van der Waals surface area contributed by atoms with Crippen LogP contribution in [-0.2, 0) is 5.75 Å². The van der Waals surface area contributed by atoms with Gasteiger partial charge in [0.15, 0.2) is 0 Å². The van der Waals surface area contributed by atoms with Crippen LogP contribution in [0.1, 0.15) is 5.56 Å². The first kappa shape index (κ1) is 13.3. The van der Waals surface area contributed by atoms with Gasteiger partial charge in [-0.05, 0) is 36.4 Å². The molecular formula is C13H8ClF3S. The number of hydrogen-bond donors (Lipinski definition) is 0. The van der Waals surface area contributed by atoms with E-state index in [1.807, 2.05) is 0 Å². The van der Waals surface area contributed by atoms with Crippen LogP contribution in [0.15, 0.2) is 41.3 Å². The molecular weight excluding hydrogens is 281 g/mol. The Hall–Kier alpha value is -1.13. The third kappa shape index (κ3) is 3.43. The molecule has 0 N–H and O–H groups in total. The third-order valence-corrected chi connectivity index (χ3v) is 3.48. The summed E-state index contributed by atoms with van der Waals surface area (Å²) >= 11 is 6.89. The summed E-state index contributed by atoms with van der Waals surface area (Å²) in [5, 5.41) is 0.275. The zero-order chi connectivity index (χ0) is 13.1. The lowest BCUT2D eigenvalue weighted by atomic mass is 10.2. The highest BCUT2D eigenvalue weighted by molar-refractivity contribution is 7.98. The van der Waals surface area contributed by atoms with Gasteiger partial charge in [0.05, 0.1) is 0 Å². The van der Waals surface area contributed by atoms with E-state index >= 15 is 0 Å². The standard InChI is InChI=1S/C13H8ClF3S/c14-9-4-11(16)6-12(5-9)18-7-8-3-10(15)1-2-13(8)17/h1-6H,7H2. The van der Waals surface area contributed by atoms with Gasteiger partial charge in [-0.1, -0.05) is 11.6 Å². The summed E-state index contributed by atoms with van der Waals surface area (Å²) in [6.07, 6.45) is 0. The molecule has 0 atom stereocenters. The SMILES string of the molecule is Fc1cc(Cl)cc(SCc2cc(F)ccc2F)c1. The molecule has 0 aromatic heterocycles. The Morgan fingerprint density at radius 2 is 1.72 bits per heavy atom. The molecule has 0 saturated carbocycles. The van der Waals surface area contributed by atoms with E-state index in [-0.39, 0.29) is 16.3 Å². The molecule has 0 fully saturated rings. The van der Waals surface area contributed by atoms with Crippen molar-refractivity contribution in [2.24, 2.45) is 0 Å². The summed E-state index contributed by atoms with van der Waals surface area (Å²) in [5.41, 5.74) is 0.236. The van der Waals surface area contributed by atoms with Crippen molar-refractivity contribution < 1.29 is 13.2 Å². The van der Waals surface area contributed by atoms with E-state index in [4.69, 9.17) is 11.6 Å². The van der Waals surface area contributed by atoms with Gasteiger partial charge in [0.2, 0.25) is 0 Å². The van der Waals surface area contributed by atoms with Crippen molar-refractivity contribution in [1.82, 2.24) is 0 Å². The van der Waals surface area contributed by atoms with Gasteiger partial charge in [0, 0.05) is 21.2 Å².